The van der Waals surface area contributed by atoms with E-state index in [1.54, 1.807) is 6.92 Å². The van der Waals surface area contributed by atoms with Gasteiger partial charge in [-0.05, 0) is 29.3 Å². The van der Waals surface area contributed by atoms with Crippen LogP contribution in [0.2, 0.25) is 0 Å². The minimum atomic E-state index is -4.07. The topological polar surface area (TPSA) is 54.5 Å². The predicted octanol–water partition coefficient (Wildman–Crippen LogP) is 2.77. The molecule has 2 aromatic carbocycles. The molecule has 0 spiro atoms. The third-order valence-corrected chi connectivity index (χ3v) is 5.22. The summed E-state index contributed by atoms with van der Waals surface area (Å²) in [6, 6.07) is 13.4. The highest BCUT2D eigenvalue weighted by Crippen LogP contribution is 2.44. The van der Waals surface area contributed by atoms with Crippen molar-refractivity contribution in [1.82, 2.24) is 4.31 Å². The molecule has 20 heavy (non-hydrogen) atoms. The number of hydrogen-bond donors (Lipinski definition) is 0. The number of rotatable bonds is 2. The smallest absolute Gasteiger partial charge is 0.274 e. The molecule has 1 unspecified atom stereocenters. The van der Waals surface area contributed by atoms with E-state index < -0.39 is 20.7 Å². The molecule has 3 rings (SSSR count). The first-order chi connectivity index (χ1) is 9.32. The zero-order valence-electron chi connectivity index (χ0n) is 10.7. The molecule has 1 saturated heterocycles. The van der Waals surface area contributed by atoms with E-state index in [1.165, 1.54) is 0 Å². The van der Waals surface area contributed by atoms with Crippen LogP contribution in [0.5, 0.6) is 0 Å². The Balaban J connectivity index is 2.13. The molecular weight excluding hydrogens is 298 g/mol. The Labute approximate surface area is 121 Å². The van der Waals surface area contributed by atoms with Crippen molar-refractivity contribution in [2.24, 2.45) is 0 Å². The molecule has 1 aliphatic rings. The van der Waals surface area contributed by atoms with Crippen LogP contribution in [-0.4, -0.2) is 18.6 Å². The van der Waals surface area contributed by atoms with Crippen LogP contribution in [0.25, 0.3) is 10.8 Å². The molecule has 0 aliphatic carbocycles. The highest BCUT2D eigenvalue weighted by molar-refractivity contribution is 8.12. The summed E-state index contributed by atoms with van der Waals surface area (Å²) in [6.07, 6.45) is 0.136. The first-order valence-corrected chi connectivity index (χ1v) is 8.36. The lowest BCUT2D eigenvalue weighted by Gasteiger charge is -2.47. The molecule has 2 aromatic rings. The summed E-state index contributed by atoms with van der Waals surface area (Å²) in [4.78, 5) is 11.6. The Kier molecular flexibility index (Phi) is 2.81. The van der Waals surface area contributed by atoms with E-state index in [-0.39, 0.29) is 6.42 Å². The van der Waals surface area contributed by atoms with Crippen LogP contribution in [-0.2, 0) is 19.6 Å². The summed E-state index contributed by atoms with van der Waals surface area (Å²) in [5, 5.41) is 2.06. The van der Waals surface area contributed by atoms with Gasteiger partial charge in [0.2, 0.25) is 5.91 Å². The number of β-lactam (4-membered cyclic amide) rings is 1. The van der Waals surface area contributed by atoms with Crippen molar-refractivity contribution in [2.75, 3.05) is 0 Å². The number of halogens is 1. The van der Waals surface area contributed by atoms with Gasteiger partial charge in [0.05, 0.1) is 12.0 Å². The molecule has 4 nitrogen and oxygen atoms in total. The zero-order chi connectivity index (χ0) is 14.5. The number of nitrogens with zero attached hydrogens (tertiary/aromatic N) is 1. The largest absolute Gasteiger partial charge is 0.324 e. The first kappa shape index (κ1) is 13.4. The second kappa shape index (κ2) is 4.20. The van der Waals surface area contributed by atoms with Crippen molar-refractivity contribution >= 4 is 36.6 Å². The predicted molar refractivity (Wildman–Crippen MR) is 77.5 cm³/mol. The van der Waals surface area contributed by atoms with Crippen molar-refractivity contribution in [1.29, 1.82) is 0 Å². The van der Waals surface area contributed by atoms with Crippen LogP contribution >= 0.6 is 10.7 Å². The molecule has 6 heteroatoms. The molecule has 104 valence electrons. The summed E-state index contributed by atoms with van der Waals surface area (Å²) in [5.74, 6) is -0.476. The minimum Gasteiger partial charge on any atom is -0.274 e. The molecular formula is C14H12ClNO3S. The Morgan fingerprint density at radius 1 is 1.15 bits per heavy atom. The number of benzene rings is 2. The Bertz CT molecular complexity index is 818. The number of fused-ring (bicyclic) bond motifs is 1. The number of amides is 1. The summed E-state index contributed by atoms with van der Waals surface area (Å²) in [6.45, 7) is 1.71. The van der Waals surface area contributed by atoms with Crippen LogP contribution < -0.4 is 0 Å². The van der Waals surface area contributed by atoms with Crippen LogP contribution in [0, 0.1) is 0 Å². The van der Waals surface area contributed by atoms with Gasteiger partial charge in [0, 0.05) is 10.7 Å². The fourth-order valence-corrected chi connectivity index (χ4v) is 4.37. The standard InChI is InChI=1S/C14H12ClNO3S/c1-14(9-13(17)16(14)20(15,18)19)12-7-6-10-4-2-3-5-11(10)8-12/h2-8H,9H2,1H3. The van der Waals surface area contributed by atoms with Crippen LogP contribution in [0.1, 0.15) is 18.9 Å². The van der Waals surface area contributed by atoms with Crippen LogP contribution in [0.15, 0.2) is 42.5 Å². The third kappa shape index (κ3) is 1.89. The van der Waals surface area contributed by atoms with Crippen molar-refractivity contribution in [3.05, 3.63) is 48.0 Å². The lowest BCUT2D eigenvalue weighted by Crippen LogP contribution is -2.60. The normalized spacial score (nSPS) is 22.9. The van der Waals surface area contributed by atoms with E-state index in [2.05, 4.69) is 0 Å². The van der Waals surface area contributed by atoms with E-state index >= 15 is 0 Å². The molecule has 1 amide bonds. The van der Waals surface area contributed by atoms with E-state index in [4.69, 9.17) is 10.7 Å². The summed E-state index contributed by atoms with van der Waals surface area (Å²) in [7, 11) is 1.29. The van der Waals surface area contributed by atoms with Crippen molar-refractivity contribution in [2.45, 2.75) is 18.9 Å². The highest BCUT2D eigenvalue weighted by Gasteiger charge is 2.54. The molecule has 1 aliphatic heterocycles. The Morgan fingerprint density at radius 3 is 2.40 bits per heavy atom. The van der Waals surface area contributed by atoms with Crippen molar-refractivity contribution in [3.63, 3.8) is 0 Å². The van der Waals surface area contributed by atoms with E-state index in [1.807, 2.05) is 42.5 Å². The average Bonchev–Trinajstić information content (AvgIpc) is 2.35. The molecule has 1 fully saturated rings. The maximum atomic E-state index is 11.6. The molecule has 1 atom stereocenters. The van der Waals surface area contributed by atoms with Gasteiger partial charge in [0.15, 0.2) is 0 Å². The number of carbonyl (C=O) groups excluding carboxylic acids is 1. The maximum Gasteiger partial charge on any atom is 0.324 e. The molecule has 0 aromatic heterocycles. The lowest BCUT2D eigenvalue weighted by molar-refractivity contribution is -0.144. The average molecular weight is 310 g/mol. The summed E-state index contributed by atoms with van der Waals surface area (Å²) in [5.41, 5.74) is -0.137. The van der Waals surface area contributed by atoms with Gasteiger partial charge < -0.3 is 0 Å². The monoisotopic (exact) mass is 309 g/mol. The van der Waals surface area contributed by atoms with E-state index in [0.717, 1.165) is 20.6 Å². The second-order valence-electron chi connectivity index (χ2n) is 5.11. The quantitative estimate of drug-likeness (QED) is 0.633. The van der Waals surface area contributed by atoms with Gasteiger partial charge in [-0.15, -0.1) is 0 Å². The Morgan fingerprint density at radius 2 is 1.80 bits per heavy atom. The lowest BCUT2D eigenvalue weighted by atomic mass is 9.81. The van der Waals surface area contributed by atoms with Gasteiger partial charge in [-0.2, -0.15) is 8.42 Å². The van der Waals surface area contributed by atoms with Gasteiger partial charge in [0.25, 0.3) is 0 Å². The van der Waals surface area contributed by atoms with Gasteiger partial charge in [-0.1, -0.05) is 36.4 Å². The number of hydrogen-bond acceptors (Lipinski definition) is 3. The third-order valence-electron chi connectivity index (χ3n) is 3.76. The molecule has 0 N–H and O–H groups in total. The second-order valence-corrected chi connectivity index (χ2v) is 7.47. The van der Waals surface area contributed by atoms with E-state index in [0.29, 0.717) is 0 Å². The van der Waals surface area contributed by atoms with Gasteiger partial charge in [-0.25, -0.2) is 4.31 Å². The van der Waals surface area contributed by atoms with Crippen molar-refractivity contribution in [3.8, 4) is 0 Å². The highest BCUT2D eigenvalue weighted by atomic mass is 35.7. The molecule has 0 saturated carbocycles. The van der Waals surface area contributed by atoms with Gasteiger partial charge in [0.1, 0.15) is 0 Å². The molecule has 0 bridgehead atoms. The van der Waals surface area contributed by atoms with Gasteiger partial charge in [-0.3, -0.25) is 4.79 Å². The maximum absolute atomic E-state index is 11.6. The van der Waals surface area contributed by atoms with Crippen molar-refractivity contribution < 1.29 is 13.2 Å². The summed E-state index contributed by atoms with van der Waals surface area (Å²) < 4.78 is 23.8. The summed E-state index contributed by atoms with van der Waals surface area (Å²) >= 11 is 0. The fraction of sp³-hybridized carbons (Fsp3) is 0.214. The zero-order valence-corrected chi connectivity index (χ0v) is 12.3. The molecule has 0 radical (unpaired) electrons. The number of carbonyl (C=O) groups is 1. The van der Waals surface area contributed by atoms with Gasteiger partial charge >= 0.3 is 9.24 Å². The van der Waals surface area contributed by atoms with E-state index in [9.17, 15) is 13.2 Å². The first-order valence-electron chi connectivity index (χ1n) is 6.09. The van der Waals surface area contributed by atoms with Crippen LogP contribution in [0.3, 0.4) is 0 Å². The Hall–Kier alpha value is -1.59. The fourth-order valence-electron chi connectivity index (χ4n) is 2.73. The minimum absolute atomic E-state index is 0.136. The van der Waals surface area contributed by atoms with Crippen LogP contribution in [0.4, 0.5) is 0 Å². The SMILES string of the molecule is CC1(c2ccc3ccccc3c2)CC(=O)N1S(=O)(=O)Cl. The molecule has 1 heterocycles.